The van der Waals surface area contributed by atoms with Gasteiger partial charge in [0.15, 0.2) is 6.10 Å². The molecule has 1 unspecified atom stereocenters. The van der Waals surface area contributed by atoms with E-state index in [4.69, 9.17) is 9.15 Å². The standard InChI is InChI=1S/C22H23N3O5/c1-13-7-6-8-15(11-13)20-24-23-19(30-20)14(2)29-21(26)16-9-10-17(22(3,4)5)18(12-16)25(27)28/h6-12,14H,1-5H3. The van der Waals surface area contributed by atoms with E-state index < -0.39 is 22.4 Å². The van der Waals surface area contributed by atoms with Crippen LogP contribution < -0.4 is 0 Å². The Bertz CT molecular complexity index is 1100. The van der Waals surface area contributed by atoms with Gasteiger partial charge in [-0.15, -0.1) is 10.2 Å². The van der Waals surface area contributed by atoms with Crippen LogP contribution in [0.4, 0.5) is 5.69 Å². The van der Waals surface area contributed by atoms with Crippen molar-refractivity contribution in [2.24, 2.45) is 0 Å². The number of nitrogens with zero attached hydrogens (tertiary/aromatic N) is 3. The lowest BCUT2D eigenvalue weighted by Crippen LogP contribution is -2.15. The first kappa shape index (κ1) is 21.2. The minimum Gasteiger partial charge on any atom is -0.449 e. The highest BCUT2D eigenvalue weighted by molar-refractivity contribution is 5.90. The third-order valence-electron chi connectivity index (χ3n) is 4.58. The highest BCUT2D eigenvalue weighted by Crippen LogP contribution is 2.32. The Morgan fingerprint density at radius 2 is 1.90 bits per heavy atom. The van der Waals surface area contributed by atoms with Crippen molar-refractivity contribution in [2.75, 3.05) is 0 Å². The lowest BCUT2D eigenvalue weighted by molar-refractivity contribution is -0.386. The molecule has 1 heterocycles. The van der Waals surface area contributed by atoms with Crippen molar-refractivity contribution in [2.45, 2.75) is 46.1 Å². The molecule has 3 rings (SSSR count). The zero-order valence-electron chi connectivity index (χ0n) is 17.5. The Kier molecular flexibility index (Phi) is 5.69. The van der Waals surface area contributed by atoms with Crippen LogP contribution in [0.15, 0.2) is 46.9 Å². The zero-order chi connectivity index (χ0) is 22.1. The van der Waals surface area contributed by atoms with E-state index in [2.05, 4.69) is 10.2 Å². The van der Waals surface area contributed by atoms with Gasteiger partial charge in [-0.1, -0.05) is 44.5 Å². The lowest BCUT2D eigenvalue weighted by Gasteiger charge is -2.19. The summed E-state index contributed by atoms with van der Waals surface area (Å²) in [5.74, 6) is -0.246. The van der Waals surface area contributed by atoms with Crippen molar-refractivity contribution in [1.82, 2.24) is 10.2 Å². The average Bonchev–Trinajstić information content (AvgIpc) is 3.17. The van der Waals surface area contributed by atoms with Crippen LogP contribution in [0.1, 0.15) is 61.2 Å². The molecule has 30 heavy (non-hydrogen) atoms. The van der Waals surface area contributed by atoms with Gasteiger partial charge in [-0.25, -0.2) is 4.79 Å². The summed E-state index contributed by atoms with van der Waals surface area (Å²) < 4.78 is 11.0. The van der Waals surface area contributed by atoms with Crippen molar-refractivity contribution < 1.29 is 18.9 Å². The summed E-state index contributed by atoms with van der Waals surface area (Å²) in [7, 11) is 0. The molecule has 0 bridgehead atoms. The quantitative estimate of drug-likeness (QED) is 0.325. The normalized spacial score (nSPS) is 12.4. The molecule has 1 aromatic heterocycles. The molecule has 0 spiro atoms. The number of aromatic nitrogens is 2. The van der Waals surface area contributed by atoms with Gasteiger partial charge in [-0.2, -0.15) is 0 Å². The highest BCUT2D eigenvalue weighted by atomic mass is 16.6. The Balaban J connectivity index is 1.79. The minimum atomic E-state index is -0.815. The van der Waals surface area contributed by atoms with Gasteiger partial charge in [-0.05, 0) is 37.5 Å². The number of hydrogen-bond donors (Lipinski definition) is 0. The maximum Gasteiger partial charge on any atom is 0.339 e. The molecule has 8 nitrogen and oxygen atoms in total. The molecule has 0 saturated carbocycles. The van der Waals surface area contributed by atoms with E-state index in [0.29, 0.717) is 11.5 Å². The van der Waals surface area contributed by atoms with Crippen LogP contribution >= 0.6 is 0 Å². The molecule has 0 aliphatic rings. The maximum atomic E-state index is 12.6. The van der Waals surface area contributed by atoms with Gasteiger partial charge in [0.05, 0.1) is 10.5 Å². The highest BCUT2D eigenvalue weighted by Gasteiger charge is 2.27. The van der Waals surface area contributed by atoms with Crippen LogP contribution in [-0.2, 0) is 10.2 Å². The molecule has 3 aromatic rings. The second-order valence-corrected chi connectivity index (χ2v) is 8.10. The second-order valence-electron chi connectivity index (χ2n) is 8.10. The van der Waals surface area contributed by atoms with Crippen LogP contribution in [0.2, 0.25) is 0 Å². The predicted octanol–water partition coefficient (Wildman–Crippen LogP) is 5.17. The first-order chi connectivity index (χ1) is 14.1. The van der Waals surface area contributed by atoms with Crippen LogP contribution in [0.3, 0.4) is 0 Å². The van der Waals surface area contributed by atoms with E-state index in [9.17, 15) is 14.9 Å². The number of ether oxygens (including phenoxy) is 1. The molecule has 156 valence electrons. The molecule has 0 saturated heterocycles. The van der Waals surface area contributed by atoms with Crippen LogP contribution in [0, 0.1) is 17.0 Å². The fourth-order valence-corrected chi connectivity index (χ4v) is 3.02. The Hall–Kier alpha value is -3.55. The summed E-state index contributed by atoms with van der Waals surface area (Å²) >= 11 is 0. The van der Waals surface area contributed by atoms with Gasteiger partial charge in [0, 0.05) is 17.2 Å². The Morgan fingerprint density at radius 3 is 2.53 bits per heavy atom. The van der Waals surface area contributed by atoms with Crippen LogP contribution in [0.25, 0.3) is 11.5 Å². The third kappa shape index (κ3) is 4.53. The molecule has 0 radical (unpaired) electrons. The van der Waals surface area contributed by atoms with Crippen molar-refractivity contribution in [3.63, 3.8) is 0 Å². The lowest BCUT2D eigenvalue weighted by atomic mass is 9.85. The maximum absolute atomic E-state index is 12.6. The smallest absolute Gasteiger partial charge is 0.339 e. The number of nitro groups is 1. The van der Waals surface area contributed by atoms with Gasteiger partial charge in [0.25, 0.3) is 11.6 Å². The van der Waals surface area contributed by atoms with Crippen molar-refractivity contribution in [1.29, 1.82) is 0 Å². The first-order valence-corrected chi connectivity index (χ1v) is 9.46. The molecule has 0 N–H and O–H groups in total. The number of nitro benzene ring substituents is 1. The number of hydrogen-bond acceptors (Lipinski definition) is 7. The first-order valence-electron chi connectivity index (χ1n) is 9.46. The number of aryl methyl sites for hydroxylation is 1. The summed E-state index contributed by atoms with van der Waals surface area (Å²) in [6, 6.07) is 11.9. The van der Waals surface area contributed by atoms with Crippen molar-refractivity contribution >= 4 is 11.7 Å². The monoisotopic (exact) mass is 409 g/mol. The van der Waals surface area contributed by atoms with Gasteiger partial charge < -0.3 is 9.15 Å². The summed E-state index contributed by atoms with van der Waals surface area (Å²) in [6.45, 7) is 9.17. The molecule has 1 atom stereocenters. The van der Waals surface area contributed by atoms with E-state index >= 15 is 0 Å². The number of benzene rings is 2. The summed E-state index contributed by atoms with van der Waals surface area (Å²) in [4.78, 5) is 23.5. The van der Waals surface area contributed by atoms with Gasteiger partial charge >= 0.3 is 5.97 Å². The van der Waals surface area contributed by atoms with E-state index in [-0.39, 0.29) is 17.1 Å². The molecule has 8 heteroatoms. The molecule has 2 aromatic carbocycles. The van der Waals surface area contributed by atoms with Gasteiger partial charge in [0.2, 0.25) is 5.89 Å². The molecular weight excluding hydrogens is 386 g/mol. The molecule has 0 amide bonds. The Morgan fingerprint density at radius 1 is 1.17 bits per heavy atom. The van der Waals surface area contributed by atoms with Gasteiger partial charge in [-0.3, -0.25) is 10.1 Å². The van der Waals surface area contributed by atoms with E-state index in [0.717, 1.165) is 11.1 Å². The average molecular weight is 409 g/mol. The summed E-state index contributed by atoms with van der Waals surface area (Å²) in [6.07, 6.45) is -0.815. The molecule has 0 aliphatic heterocycles. The second kappa shape index (κ2) is 8.06. The Labute approximate surface area is 174 Å². The van der Waals surface area contributed by atoms with E-state index in [1.54, 1.807) is 13.0 Å². The third-order valence-corrected chi connectivity index (χ3v) is 4.58. The largest absolute Gasteiger partial charge is 0.449 e. The van der Waals surface area contributed by atoms with Crippen molar-refractivity contribution in [3.05, 3.63) is 75.2 Å². The summed E-state index contributed by atoms with van der Waals surface area (Å²) in [5.41, 5.74) is 1.88. The molecule has 0 fully saturated rings. The number of esters is 1. The number of carbonyl (C=O) groups is 1. The SMILES string of the molecule is Cc1cccc(-c2nnc(C(C)OC(=O)c3ccc(C(C)(C)C)c([N+](=O)[O-])c3)o2)c1. The van der Waals surface area contributed by atoms with E-state index in [1.165, 1.54) is 12.1 Å². The number of carbonyl (C=O) groups excluding carboxylic acids is 1. The predicted molar refractivity (Wildman–Crippen MR) is 110 cm³/mol. The van der Waals surface area contributed by atoms with Gasteiger partial charge in [0.1, 0.15) is 0 Å². The fourth-order valence-electron chi connectivity index (χ4n) is 3.02. The van der Waals surface area contributed by atoms with E-state index in [1.807, 2.05) is 52.0 Å². The fraction of sp³-hybridized carbons (Fsp3) is 0.318. The summed E-state index contributed by atoms with van der Waals surface area (Å²) in [5, 5.41) is 19.4. The van der Waals surface area contributed by atoms with Crippen LogP contribution in [0.5, 0.6) is 0 Å². The molecule has 0 aliphatic carbocycles. The zero-order valence-corrected chi connectivity index (χ0v) is 17.5. The number of rotatable bonds is 5. The topological polar surface area (TPSA) is 108 Å². The van der Waals surface area contributed by atoms with Crippen LogP contribution in [-0.4, -0.2) is 21.1 Å². The molecular formula is C22H23N3O5. The minimum absolute atomic E-state index is 0.0833. The van der Waals surface area contributed by atoms with Crippen molar-refractivity contribution in [3.8, 4) is 11.5 Å².